The van der Waals surface area contributed by atoms with Crippen LogP contribution in [0.3, 0.4) is 0 Å². The summed E-state index contributed by atoms with van der Waals surface area (Å²) < 4.78 is 6.40. The van der Waals surface area contributed by atoms with E-state index >= 15 is 0 Å². The molecule has 2 atom stereocenters. The molecule has 0 bridgehead atoms. The second-order valence-corrected chi connectivity index (χ2v) is 2.65. The normalized spacial score (nSPS) is 29.4. The SMILES string of the molecule is Nc1nnnn1[C@@H]1COC[C@H]1O. The number of hydrogen-bond acceptors (Lipinski definition) is 6. The van der Waals surface area contributed by atoms with Crippen molar-refractivity contribution < 1.29 is 9.84 Å². The minimum Gasteiger partial charge on any atom is -0.388 e. The molecule has 1 aliphatic rings. The molecule has 1 aromatic heterocycles. The van der Waals surface area contributed by atoms with Gasteiger partial charge in [0.2, 0.25) is 5.95 Å². The maximum Gasteiger partial charge on any atom is 0.240 e. The van der Waals surface area contributed by atoms with Crippen LogP contribution in [0.15, 0.2) is 0 Å². The highest BCUT2D eigenvalue weighted by Gasteiger charge is 2.30. The van der Waals surface area contributed by atoms with Gasteiger partial charge in [-0.25, -0.2) is 4.68 Å². The number of nitrogen functional groups attached to an aromatic ring is 1. The molecule has 7 nitrogen and oxygen atoms in total. The second-order valence-electron chi connectivity index (χ2n) is 2.65. The summed E-state index contributed by atoms with van der Waals surface area (Å²) in [5.41, 5.74) is 5.44. The van der Waals surface area contributed by atoms with Crippen molar-refractivity contribution in [3.05, 3.63) is 0 Å². The highest BCUT2D eigenvalue weighted by Crippen LogP contribution is 2.19. The lowest BCUT2D eigenvalue weighted by atomic mass is 10.2. The summed E-state index contributed by atoms with van der Waals surface area (Å²) in [4.78, 5) is 0. The Morgan fingerprint density at radius 3 is 2.92 bits per heavy atom. The largest absolute Gasteiger partial charge is 0.388 e. The Morgan fingerprint density at radius 1 is 1.58 bits per heavy atom. The molecular weight excluding hydrogens is 162 g/mol. The van der Waals surface area contributed by atoms with E-state index in [9.17, 15) is 5.11 Å². The topological polar surface area (TPSA) is 99.1 Å². The van der Waals surface area contributed by atoms with Crippen molar-refractivity contribution in [2.24, 2.45) is 0 Å². The number of nitrogens with two attached hydrogens (primary N) is 1. The van der Waals surface area contributed by atoms with Crippen LogP contribution < -0.4 is 5.73 Å². The van der Waals surface area contributed by atoms with Crippen molar-refractivity contribution in [1.82, 2.24) is 20.2 Å². The van der Waals surface area contributed by atoms with E-state index in [-0.39, 0.29) is 12.0 Å². The molecule has 7 heteroatoms. The van der Waals surface area contributed by atoms with Gasteiger partial charge < -0.3 is 15.6 Å². The molecule has 2 heterocycles. The van der Waals surface area contributed by atoms with Crippen molar-refractivity contribution in [2.45, 2.75) is 12.1 Å². The van der Waals surface area contributed by atoms with Crippen LogP contribution in [-0.4, -0.2) is 44.6 Å². The summed E-state index contributed by atoms with van der Waals surface area (Å²) in [7, 11) is 0. The summed E-state index contributed by atoms with van der Waals surface area (Å²) in [5.74, 6) is 0.199. The van der Waals surface area contributed by atoms with E-state index in [1.165, 1.54) is 4.68 Å². The maximum absolute atomic E-state index is 9.39. The molecule has 0 aliphatic carbocycles. The smallest absolute Gasteiger partial charge is 0.240 e. The van der Waals surface area contributed by atoms with Crippen LogP contribution in [0.25, 0.3) is 0 Å². The highest BCUT2D eigenvalue weighted by molar-refractivity contribution is 5.12. The van der Waals surface area contributed by atoms with E-state index in [4.69, 9.17) is 10.5 Å². The summed E-state index contributed by atoms with van der Waals surface area (Å²) in [6.07, 6.45) is -0.573. The zero-order chi connectivity index (χ0) is 8.55. The van der Waals surface area contributed by atoms with Gasteiger partial charge in [-0.1, -0.05) is 5.10 Å². The lowest BCUT2D eigenvalue weighted by Gasteiger charge is -2.11. The van der Waals surface area contributed by atoms with Crippen molar-refractivity contribution in [3.8, 4) is 0 Å². The number of aliphatic hydroxyl groups excluding tert-OH is 1. The number of tetrazole rings is 1. The van der Waals surface area contributed by atoms with Gasteiger partial charge in [-0.15, -0.1) is 0 Å². The van der Waals surface area contributed by atoms with Crippen LogP contribution in [0.4, 0.5) is 5.95 Å². The van der Waals surface area contributed by atoms with E-state index in [0.717, 1.165) is 0 Å². The molecule has 1 aliphatic heterocycles. The van der Waals surface area contributed by atoms with Gasteiger partial charge in [0.15, 0.2) is 0 Å². The lowest BCUT2D eigenvalue weighted by Crippen LogP contribution is -2.24. The molecule has 1 aromatic rings. The first-order chi connectivity index (χ1) is 5.79. The Morgan fingerprint density at radius 2 is 2.42 bits per heavy atom. The molecular formula is C5H9N5O2. The average molecular weight is 171 g/mol. The van der Waals surface area contributed by atoms with Crippen LogP contribution in [0.1, 0.15) is 6.04 Å². The average Bonchev–Trinajstić information content (AvgIpc) is 2.59. The Kier molecular flexibility index (Phi) is 1.66. The third kappa shape index (κ3) is 1.03. The third-order valence-electron chi connectivity index (χ3n) is 1.85. The van der Waals surface area contributed by atoms with Crippen LogP contribution in [-0.2, 0) is 4.74 Å². The van der Waals surface area contributed by atoms with Gasteiger partial charge in [-0.05, 0) is 10.4 Å². The van der Waals surface area contributed by atoms with E-state index < -0.39 is 6.10 Å². The first-order valence-corrected chi connectivity index (χ1v) is 3.58. The Bertz CT molecular complexity index is 275. The first-order valence-electron chi connectivity index (χ1n) is 3.58. The van der Waals surface area contributed by atoms with Crippen LogP contribution in [0, 0.1) is 0 Å². The zero-order valence-electron chi connectivity index (χ0n) is 6.29. The molecule has 12 heavy (non-hydrogen) atoms. The monoisotopic (exact) mass is 171 g/mol. The summed E-state index contributed by atoms with van der Waals surface area (Å²) in [6.45, 7) is 0.709. The Hall–Kier alpha value is -1.21. The molecule has 0 amide bonds. The van der Waals surface area contributed by atoms with Gasteiger partial charge in [-0.2, -0.15) is 0 Å². The molecule has 66 valence electrons. The minimum atomic E-state index is -0.573. The molecule has 3 N–H and O–H groups in total. The summed E-state index contributed by atoms with van der Waals surface area (Å²) in [5, 5.41) is 19.9. The Balaban J connectivity index is 2.24. The van der Waals surface area contributed by atoms with Gasteiger partial charge in [0.25, 0.3) is 0 Å². The zero-order valence-corrected chi connectivity index (χ0v) is 6.29. The fourth-order valence-electron chi connectivity index (χ4n) is 1.20. The number of ether oxygens (including phenoxy) is 1. The first kappa shape index (κ1) is 7.44. The van der Waals surface area contributed by atoms with Gasteiger partial charge in [-0.3, -0.25) is 0 Å². The van der Waals surface area contributed by atoms with Gasteiger partial charge in [0, 0.05) is 0 Å². The predicted octanol–water partition coefficient (Wildman–Crippen LogP) is -1.81. The van der Waals surface area contributed by atoms with Crippen molar-refractivity contribution >= 4 is 5.95 Å². The standard InChI is InChI=1S/C5H9N5O2/c6-5-7-8-9-10(5)3-1-12-2-4(3)11/h3-4,11H,1-2H2,(H2,6,7,9)/t3-,4-/m1/s1. The summed E-state index contributed by atoms with van der Waals surface area (Å²) in [6, 6.07) is -0.250. The third-order valence-corrected chi connectivity index (χ3v) is 1.85. The molecule has 0 saturated carbocycles. The lowest BCUT2D eigenvalue weighted by molar-refractivity contribution is 0.118. The molecule has 2 rings (SSSR count). The molecule has 0 spiro atoms. The quantitative estimate of drug-likeness (QED) is 0.516. The summed E-state index contributed by atoms with van der Waals surface area (Å²) >= 11 is 0. The van der Waals surface area contributed by atoms with Crippen molar-refractivity contribution in [1.29, 1.82) is 0 Å². The van der Waals surface area contributed by atoms with E-state index in [1.54, 1.807) is 0 Å². The van der Waals surface area contributed by atoms with Crippen LogP contribution in [0.5, 0.6) is 0 Å². The number of anilines is 1. The van der Waals surface area contributed by atoms with E-state index in [0.29, 0.717) is 13.2 Å². The van der Waals surface area contributed by atoms with Gasteiger partial charge in [0.1, 0.15) is 12.1 Å². The Labute approximate surface area is 68.1 Å². The van der Waals surface area contributed by atoms with Crippen LogP contribution >= 0.6 is 0 Å². The molecule has 0 radical (unpaired) electrons. The number of aromatic nitrogens is 4. The van der Waals surface area contributed by atoms with E-state index in [1.807, 2.05) is 0 Å². The molecule has 0 aromatic carbocycles. The molecule has 1 fully saturated rings. The number of nitrogens with zero attached hydrogens (tertiary/aromatic N) is 4. The molecule has 0 unspecified atom stereocenters. The van der Waals surface area contributed by atoms with E-state index in [2.05, 4.69) is 15.5 Å². The number of aliphatic hydroxyl groups is 1. The maximum atomic E-state index is 9.39. The minimum absolute atomic E-state index is 0.199. The molecule has 1 saturated heterocycles. The fourth-order valence-corrected chi connectivity index (χ4v) is 1.20. The van der Waals surface area contributed by atoms with Gasteiger partial charge in [0.05, 0.1) is 13.2 Å². The van der Waals surface area contributed by atoms with Crippen molar-refractivity contribution in [2.75, 3.05) is 18.9 Å². The number of hydrogen-bond donors (Lipinski definition) is 2. The van der Waals surface area contributed by atoms with Crippen molar-refractivity contribution in [3.63, 3.8) is 0 Å². The highest BCUT2D eigenvalue weighted by atomic mass is 16.5. The van der Waals surface area contributed by atoms with Crippen LogP contribution in [0.2, 0.25) is 0 Å². The fraction of sp³-hybridized carbons (Fsp3) is 0.800. The predicted molar refractivity (Wildman–Crippen MR) is 38.1 cm³/mol. The number of rotatable bonds is 1. The van der Waals surface area contributed by atoms with Gasteiger partial charge >= 0.3 is 0 Å². The second kappa shape index (κ2) is 2.68.